The van der Waals surface area contributed by atoms with Crippen LogP contribution in [0.4, 0.5) is 18.9 Å². The fraction of sp³-hybridized carbons (Fsp3) is 0.111. The summed E-state index contributed by atoms with van der Waals surface area (Å²) in [4.78, 5) is 11.5. The van der Waals surface area contributed by atoms with E-state index in [-0.39, 0.29) is 5.82 Å². The Kier molecular flexibility index (Phi) is 4.52. The number of hydrogen-bond acceptors (Lipinski definition) is 7. The minimum atomic E-state index is -4.68. The molecule has 10 heteroatoms. The van der Waals surface area contributed by atoms with Gasteiger partial charge in [0.2, 0.25) is 5.82 Å². The maximum atomic E-state index is 12.5. The molecule has 0 aliphatic rings. The predicted octanol–water partition coefficient (Wildman–Crippen LogP) is 4.42. The fourth-order valence-corrected chi connectivity index (χ4v) is 2.45. The van der Waals surface area contributed by atoms with E-state index in [2.05, 4.69) is 29.9 Å². The van der Waals surface area contributed by atoms with Gasteiger partial charge in [0.25, 0.3) is 0 Å². The Balaban J connectivity index is 1.43. The molecule has 28 heavy (non-hydrogen) atoms. The van der Waals surface area contributed by atoms with Gasteiger partial charge in [0, 0.05) is 23.0 Å². The molecule has 7 nitrogen and oxygen atoms in total. The predicted molar refractivity (Wildman–Crippen MR) is 91.8 cm³/mol. The first-order valence-electron chi connectivity index (χ1n) is 8.08. The van der Waals surface area contributed by atoms with Gasteiger partial charge in [-0.25, -0.2) is 4.98 Å². The average Bonchev–Trinajstić information content (AvgIpc) is 3.39. The van der Waals surface area contributed by atoms with E-state index in [1.54, 1.807) is 18.3 Å². The topological polar surface area (TPSA) is 89.9 Å². The highest BCUT2D eigenvalue weighted by Crippen LogP contribution is 2.29. The van der Waals surface area contributed by atoms with Crippen molar-refractivity contribution in [3.8, 4) is 22.7 Å². The molecule has 0 fully saturated rings. The monoisotopic (exact) mass is 387 g/mol. The van der Waals surface area contributed by atoms with Crippen molar-refractivity contribution in [1.82, 2.24) is 20.1 Å². The Labute approximate surface area is 156 Å². The Hall–Kier alpha value is -3.69. The number of nitrogens with zero attached hydrogens (tertiary/aromatic N) is 4. The molecule has 1 N–H and O–H groups in total. The average molecular weight is 387 g/mol. The number of nitrogens with one attached hydrogen (secondary N) is 1. The van der Waals surface area contributed by atoms with E-state index in [4.69, 9.17) is 4.42 Å². The molecule has 0 aliphatic heterocycles. The molecular formula is C18H12F3N5O2. The molecular weight excluding hydrogens is 375 g/mol. The summed E-state index contributed by atoms with van der Waals surface area (Å²) < 4.78 is 47.1. The molecule has 1 aromatic carbocycles. The van der Waals surface area contributed by atoms with Gasteiger partial charge in [-0.1, -0.05) is 17.3 Å². The van der Waals surface area contributed by atoms with Crippen molar-refractivity contribution in [2.45, 2.75) is 12.7 Å². The van der Waals surface area contributed by atoms with Gasteiger partial charge in [0.1, 0.15) is 0 Å². The van der Waals surface area contributed by atoms with Crippen molar-refractivity contribution in [3.05, 3.63) is 66.8 Å². The van der Waals surface area contributed by atoms with Crippen LogP contribution in [0, 0.1) is 0 Å². The van der Waals surface area contributed by atoms with Gasteiger partial charge in [-0.3, -0.25) is 4.98 Å². The van der Waals surface area contributed by atoms with E-state index in [1.807, 2.05) is 24.3 Å². The van der Waals surface area contributed by atoms with E-state index in [0.29, 0.717) is 23.6 Å². The highest BCUT2D eigenvalue weighted by Gasteiger charge is 2.38. The minimum absolute atomic E-state index is 0.168. The summed E-state index contributed by atoms with van der Waals surface area (Å²) >= 11 is 0. The van der Waals surface area contributed by atoms with Gasteiger partial charge in [0.05, 0.1) is 18.4 Å². The lowest BCUT2D eigenvalue weighted by atomic mass is 10.1. The third-order valence-corrected chi connectivity index (χ3v) is 3.80. The normalized spacial score (nSPS) is 11.5. The van der Waals surface area contributed by atoms with Crippen LogP contribution in [-0.2, 0) is 12.7 Å². The first-order chi connectivity index (χ1) is 13.5. The summed E-state index contributed by atoms with van der Waals surface area (Å²) in [5.74, 6) is -0.900. The van der Waals surface area contributed by atoms with Crippen LogP contribution in [0.3, 0.4) is 0 Å². The first kappa shape index (κ1) is 17.7. The summed E-state index contributed by atoms with van der Waals surface area (Å²) in [5, 5.41) is 6.56. The fourth-order valence-electron chi connectivity index (χ4n) is 2.45. The third-order valence-electron chi connectivity index (χ3n) is 3.80. The second-order valence-corrected chi connectivity index (χ2v) is 5.76. The molecule has 3 aromatic heterocycles. The standard InChI is InChI=1S/C18H12F3N5O2/c19-18(20,21)17-25-16(26-28-17)12-4-5-14(23-7-12)8-24-13-3-1-2-11(6-13)15-9-22-10-27-15/h1-7,9-10,24H,8H2. The van der Waals surface area contributed by atoms with Crippen LogP contribution in [0.25, 0.3) is 22.7 Å². The maximum Gasteiger partial charge on any atom is 0.471 e. The van der Waals surface area contributed by atoms with Crippen LogP contribution in [0.1, 0.15) is 11.6 Å². The Morgan fingerprint density at radius 3 is 2.61 bits per heavy atom. The molecule has 0 radical (unpaired) electrons. The number of halogens is 3. The maximum absolute atomic E-state index is 12.5. The summed E-state index contributed by atoms with van der Waals surface area (Å²) in [6, 6.07) is 10.8. The zero-order valence-electron chi connectivity index (χ0n) is 14.1. The number of oxazole rings is 1. The lowest BCUT2D eigenvalue weighted by molar-refractivity contribution is -0.159. The second-order valence-electron chi connectivity index (χ2n) is 5.76. The number of hydrogen-bond donors (Lipinski definition) is 1. The van der Waals surface area contributed by atoms with Gasteiger partial charge in [-0.2, -0.15) is 18.2 Å². The van der Waals surface area contributed by atoms with Gasteiger partial charge in [-0.05, 0) is 24.3 Å². The Morgan fingerprint density at radius 2 is 1.93 bits per heavy atom. The van der Waals surface area contributed by atoms with Crippen LogP contribution >= 0.6 is 0 Å². The molecule has 4 aromatic rings. The number of aromatic nitrogens is 4. The van der Waals surface area contributed by atoms with Crippen molar-refractivity contribution in [2.75, 3.05) is 5.32 Å². The minimum Gasteiger partial charge on any atom is -0.444 e. The van der Waals surface area contributed by atoms with Crippen molar-refractivity contribution in [3.63, 3.8) is 0 Å². The number of pyridine rings is 1. The van der Waals surface area contributed by atoms with Crippen LogP contribution in [-0.4, -0.2) is 20.1 Å². The van der Waals surface area contributed by atoms with Crippen LogP contribution in [0.5, 0.6) is 0 Å². The summed E-state index contributed by atoms with van der Waals surface area (Å²) in [7, 11) is 0. The first-order valence-corrected chi connectivity index (χ1v) is 8.08. The Bertz CT molecular complexity index is 1060. The van der Waals surface area contributed by atoms with Gasteiger partial charge >= 0.3 is 12.1 Å². The van der Waals surface area contributed by atoms with Crippen LogP contribution in [0.2, 0.25) is 0 Å². The molecule has 4 rings (SSSR count). The molecule has 0 unspecified atom stereocenters. The highest BCUT2D eigenvalue weighted by atomic mass is 19.4. The van der Waals surface area contributed by atoms with E-state index in [1.165, 1.54) is 12.6 Å². The lowest BCUT2D eigenvalue weighted by Crippen LogP contribution is -2.05. The quantitative estimate of drug-likeness (QED) is 0.542. The SMILES string of the molecule is FC(F)(F)c1nc(-c2ccc(CNc3cccc(-c4cnco4)c3)nc2)no1. The molecule has 0 spiro atoms. The number of rotatable bonds is 5. The lowest BCUT2D eigenvalue weighted by Gasteiger charge is -2.07. The van der Waals surface area contributed by atoms with Crippen molar-refractivity contribution >= 4 is 5.69 Å². The van der Waals surface area contributed by atoms with E-state index >= 15 is 0 Å². The molecule has 0 saturated carbocycles. The summed E-state index contributed by atoms with van der Waals surface area (Å²) in [5.41, 5.74) is 2.75. The van der Waals surface area contributed by atoms with E-state index in [9.17, 15) is 13.2 Å². The van der Waals surface area contributed by atoms with Crippen LogP contribution in [0.15, 0.2) is 64.1 Å². The summed E-state index contributed by atoms with van der Waals surface area (Å²) in [6.45, 7) is 0.417. The van der Waals surface area contributed by atoms with Crippen molar-refractivity contribution in [2.24, 2.45) is 0 Å². The smallest absolute Gasteiger partial charge is 0.444 e. The van der Waals surface area contributed by atoms with E-state index < -0.39 is 12.1 Å². The molecule has 0 saturated heterocycles. The molecule has 0 aliphatic carbocycles. The second kappa shape index (κ2) is 7.14. The number of benzene rings is 1. The zero-order chi connectivity index (χ0) is 19.6. The molecule has 0 amide bonds. The largest absolute Gasteiger partial charge is 0.471 e. The van der Waals surface area contributed by atoms with E-state index in [0.717, 1.165) is 11.3 Å². The van der Waals surface area contributed by atoms with Crippen molar-refractivity contribution in [1.29, 1.82) is 0 Å². The van der Waals surface area contributed by atoms with Gasteiger partial charge < -0.3 is 14.3 Å². The van der Waals surface area contributed by atoms with Gasteiger partial charge in [-0.15, -0.1) is 0 Å². The molecule has 0 bridgehead atoms. The highest BCUT2D eigenvalue weighted by molar-refractivity contribution is 5.63. The number of alkyl halides is 3. The Morgan fingerprint density at radius 1 is 1.04 bits per heavy atom. The van der Waals surface area contributed by atoms with Crippen molar-refractivity contribution < 1.29 is 22.1 Å². The molecule has 0 atom stereocenters. The third kappa shape index (κ3) is 3.85. The summed E-state index contributed by atoms with van der Waals surface area (Å²) in [6.07, 6.45) is -0.292. The molecule has 3 heterocycles. The van der Waals surface area contributed by atoms with Crippen LogP contribution < -0.4 is 5.32 Å². The zero-order valence-corrected chi connectivity index (χ0v) is 14.1. The number of anilines is 1. The van der Waals surface area contributed by atoms with Gasteiger partial charge in [0.15, 0.2) is 12.2 Å². The molecule has 142 valence electrons.